The summed E-state index contributed by atoms with van der Waals surface area (Å²) in [5.74, 6) is -0.910. The lowest BCUT2D eigenvalue weighted by Gasteiger charge is -2.26. The van der Waals surface area contributed by atoms with Crippen LogP contribution >= 0.6 is 0 Å². The molecule has 11 heteroatoms. The van der Waals surface area contributed by atoms with E-state index in [4.69, 9.17) is 9.47 Å². The Kier molecular flexibility index (Phi) is 12.6. The minimum Gasteiger partial charge on any atom is -0.493 e. The van der Waals surface area contributed by atoms with E-state index in [2.05, 4.69) is 38.3 Å². The van der Waals surface area contributed by atoms with Crippen molar-refractivity contribution in [2.24, 2.45) is 5.92 Å². The second-order valence-electron chi connectivity index (χ2n) is 11.7. The Morgan fingerprint density at radius 2 is 1.70 bits per heavy atom. The maximum atomic E-state index is 13.4. The molecule has 0 aromatic heterocycles. The summed E-state index contributed by atoms with van der Waals surface area (Å²) in [6.45, 7) is 9.04. The third-order valence-electron chi connectivity index (χ3n) is 7.65. The molecule has 0 bridgehead atoms. The molecule has 2 aliphatic heterocycles. The van der Waals surface area contributed by atoms with Crippen LogP contribution in [-0.4, -0.2) is 80.1 Å². The number of amides is 4. The molecule has 0 unspecified atom stereocenters. The van der Waals surface area contributed by atoms with Crippen molar-refractivity contribution in [2.45, 2.75) is 64.7 Å². The van der Waals surface area contributed by atoms with E-state index in [1.54, 1.807) is 24.3 Å². The first-order valence-electron chi connectivity index (χ1n) is 15.5. The third kappa shape index (κ3) is 10.3. The summed E-state index contributed by atoms with van der Waals surface area (Å²) in [5, 5.41) is 11.4. The summed E-state index contributed by atoms with van der Waals surface area (Å²) < 4.78 is 11.3. The second-order valence-corrected chi connectivity index (χ2v) is 11.7. The van der Waals surface area contributed by atoms with Gasteiger partial charge in [-0.25, -0.2) is 0 Å². The Morgan fingerprint density at radius 3 is 2.45 bits per heavy atom. The lowest BCUT2D eigenvalue weighted by molar-refractivity contribution is -0.129. The normalized spacial score (nSPS) is 20.9. The van der Waals surface area contributed by atoms with E-state index in [0.29, 0.717) is 30.7 Å². The molecular weight excluding hydrogens is 562 g/mol. The predicted molar refractivity (Wildman–Crippen MR) is 166 cm³/mol. The van der Waals surface area contributed by atoms with Gasteiger partial charge in [0.05, 0.1) is 25.4 Å². The van der Waals surface area contributed by atoms with Crippen LogP contribution < -0.4 is 26.0 Å². The van der Waals surface area contributed by atoms with Gasteiger partial charge in [-0.1, -0.05) is 50.2 Å². The molecule has 2 heterocycles. The number of carbonyl (C=O) groups is 4. The van der Waals surface area contributed by atoms with E-state index >= 15 is 0 Å². The molecule has 4 amide bonds. The third-order valence-corrected chi connectivity index (χ3v) is 7.65. The van der Waals surface area contributed by atoms with Crippen LogP contribution in [0.3, 0.4) is 0 Å². The van der Waals surface area contributed by atoms with Gasteiger partial charge in [-0.2, -0.15) is 0 Å². The number of hydrogen-bond donors (Lipinski definition) is 4. The van der Waals surface area contributed by atoms with E-state index in [9.17, 15) is 19.2 Å². The molecule has 0 aliphatic carbocycles. The van der Waals surface area contributed by atoms with Crippen LogP contribution in [0.15, 0.2) is 48.5 Å². The van der Waals surface area contributed by atoms with Crippen molar-refractivity contribution in [3.63, 3.8) is 0 Å². The number of morpholine rings is 1. The van der Waals surface area contributed by atoms with Crippen molar-refractivity contribution < 1.29 is 28.7 Å². The molecule has 4 rings (SSSR count). The van der Waals surface area contributed by atoms with Gasteiger partial charge in [0, 0.05) is 39.1 Å². The lowest BCUT2D eigenvalue weighted by Crippen LogP contribution is -2.49. The second kappa shape index (κ2) is 16.8. The number of ether oxygens (including phenoxy) is 2. The monoisotopic (exact) mass is 607 g/mol. The molecule has 2 atom stereocenters. The van der Waals surface area contributed by atoms with Gasteiger partial charge in [0.1, 0.15) is 17.8 Å². The van der Waals surface area contributed by atoms with Gasteiger partial charge >= 0.3 is 0 Å². The number of carbonyl (C=O) groups excluding carboxylic acids is 4. The number of hydrogen-bond acceptors (Lipinski definition) is 7. The first-order chi connectivity index (χ1) is 21.3. The highest BCUT2D eigenvalue weighted by Gasteiger charge is 2.26. The number of rotatable bonds is 7. The van der Waals surface area contributed by atoms with Crippen LogP contribution in [0.25, 0.3) is 0 Å². The number of benzene rings is 2. The van der Waals surface area contributed by atoms with Crippen LogP contribution in [0.2, 0.25) is 0 Å². The molecule has 11 nitrogen and oxygen atoms in total. The van der Waals surface area contributed by atoms with Crippen LogP contribution in [0.5, 0.6) is 5.75 Å². The number of para-hydroxylation sites is 1. The number of nitrogens with zero attached hydrogens (tertiary/aromatic N) is 1. The molecule has 2 aliphatic rings. The smallest absolute Gasteiger partial charge is 0.255 e. The Balaban J connectivity index is 1.44. The highest BCUT2D eigenvalue weighted by molar-refractivity contribution is 5.99. The average Bonchev–Trinajstić information content (AvgIpc) is 3.02. The topological polar surface area (TPSA) is 138 Å². The van der Waals surface area contributed by atoms with Crippen molar-refractivity contribution in [1.29, 1.82) is 0 Å². The summed E-state index contributed by atoms with van der Waals surface area (Å²) in [4.78, 5) is 54.9. The summed E-state index contributed by atoms with van der Waals surface area (Å²) in [6.07, 6.45) is 1.01. The summed E-state index contributed by atoms with van der Waals surface area (Å²) in [6, 6.07) is 13.2. The molecule has 4 N–H and O–H groups in total. The fourth-order valence-electron chi connectivity index (χ4n) is 5.21. The molecular formula is C33H45N5O6. The standard InChI is InChI=1S/C33H45N5O6/c1-23(2)20-28-33(42)34-14-5-17-44-29-7-4-3-6-26(29)31(40)37-27(12-13-30(39)36-28)32(41)35-21-24-8-10-25(11-9-24)22-38-15-18-43-19-16-38/h3-4,6-11,23,27-28H,5,12-22H2,1-2H3,(H,34,42)(H,35,41)(H,36,39)(H,37,40)/t27-,28-/m0/s1. The fraction of sp³-hybridized carbons (Fsp3) is 0.515. The molecule has 0 saturated carbocycles. The van der Waals surface area contributed by atoms with Gasteiger partial charge in [-0.15, -0.1) is 0 Å². The first-order valence-corrected chi connectivity index (χ1v) is 15.5. The van der Waals surface area contributed by atoms with Gasteiger partial charge in [-0.05, 0) is 48.4 Å². The van der Waals surface area contributed by atoms with E-state index in [1.807, 2.05) is 26.0 Å². The zero-order valence-electron chi connectivity index (χ0n) is 25.7. The minimum absolute atomic E-state index is 0.0470. The van der Waals surface area contributed by atoms with Crippen molar-refractivity contribution in [3.8, 4) is 5.75 Å². The Hall–Kier alpha value is -3.96. The first kappa shape index (κ1) is 32.9. The lowest BCUT2D eigenvalue weighted by atomic mass is 10.0. The SMILES string of the molecule is CC(C)C[C@@H]1NC(=O)CC[C@@H](C(=O)NCc2ccc(CN3CCOCC3)cc2)NC(=O)c2ccccc2OCCCNC1=O. The highest BCUT2D eigenvalue weighted by Crippen LogP contribution is 2.19. The molecule has 0 spiro atoms. The molecule has 1 fully saturated rings. The van der Waals surface area contributed by atoms with Gasteiger partial charge < -0.3 is 30.7 Å². The predicted octanol–water partition coefficient (Wildman–Crippen LogP) is 2.14. The van der Waals surface area contributed by atoms with Gasteiger partial charge in [0.15, 0.2) is 0 Å². The van der Waals surface area contributed by atoms with Gasteiger partial charge in [0.25, 0.3) is 5.91 Å². The van der Waals surface area contributed by atoms with Crippen molar-refractivity contribution in [1.82, 2.24) is 26.2 Å². The summed E-state index contributed by atoms with van der Waals surface area (Å²) in [5.41, 5.74) is 2.39. The number of fused-ring (bicyclic) bond motifs is 1. The van der Waals surface area contributed by atoms with E-state index in [1.165, 1.54) is 5.56 Å². The fourth-order valence-corrected chi connectivity index (χ4v) is 5.21. The Bertz CT molecular complexity index is 1260. The van der Waals surface area contributed by atoms with E-state index < -0.39 is 23.9 Å². The molecule has 0 radical (unpaired) electrons. The van der Waals surface area contributed by atoms with Crippen LogP contribution in [0, 0.1) is 5.92 Å². The molecule has 2 aromatic rings. The maximum absolute atomic E-state index is 13.4. The Labute approximate surface area is 259 Å². The average molecular weight is 608 g/mol. The molecule has 2 aromatic carbocycles. The largest absolute Gasteiger partial charge is 0.493 e. The molecule has 238 valence electrons. The van der Waals surface area contributed by atoms with Gasteiger partial charge in [-0.3, -0.25) is 24.1 Å². The Morgan fingerprint density at radius 1 is 0.977 bits per heavy atom. The number of nitrogens with one attached hydrogen (secondary N) is 4. The van der Waals surface area contributed by atoms with Crippen molar-refractivity contribution >= 4 is 23.6 Å². The van der Waals surface area contributed by atoms with Crippen LogP contribution in [-0.2, 0) is 32.2 Å². The summed E-state index contributed by atoms with van der Waals surface area (Å²) in [7, 11) is 0. The zero-order valence-corrected chi connectivity index (χ0v) is 25.7. The van der Waals surface area contributed by atoms with Crippen LogP contribution in [0.4, 0.5) is 0 Å². The molecule has 44 heavy (non-hydrogen) atoms. The van der Waals surface area contributed by atoms with E-state index in [-0.39, 0.29) is 43.7 Å². The van der Waals surface area contributed by atoms with E-state index in [0.717, 1.165) is 38.4 Å². The maximum Gasteiger partial charge on any atom is 0.255 e. The quantitative estimate of drug-likeness (QED) is 0.379. The van der Waals surface area contributed by atoms with Crippen LogP contribution in [0.1, 0.15) is 61.0 Å². The summed E-state index contributed by atoms with van der Waals surface area (Å²) >= 11 is 0. The molecule has 1 saturated heterocycles. The minimum atomic E-state index is -0.979. The van der Waals surface area contributed by atoms with Crippen molar-refractivity contribution in [2.75, 3.05) is 39.5 Å². The zero-order chi connectivity index (χ0) is 31.3. The van der Waals surface area contributed by atoms with Gasteiger partial charge in [0.2, 0.25) is 17.7 Å². The van der Waals surface area contributed by atoms with Crippen molar-refractivity contribution in [3.05, 3.63) is 65.2 Å². The highest BCUT2D eigenvalue weighted by atomic mass is 16.5.